The molecule has 178 valence electrons. The van der Waals surface area contributed by atoms with E-state index in [1.165, 1.54) is 4.31 Å². The van der Waals surface area contributed by atoms with Crippen molar-refractivity contribution in [1.29, 1.82) is 0 Å². The third-order valence-corrected chi connectivity index (χ3v) is 7.96. The van der Waals surface area contributed by atoms with Crippen molar-refractivity contribution in [3.05, 3.63) is 59.7 Å². The van der Waals surface area contributed by atoms with Crippen molar-refractivity contribution in [3.8, 4) is 0 Å². The van der Waals surface area contributed by atoms with Crippen LogP contribution in [0.2, 0.25) is 0 Å². The van der Waals surface area contributed by atoms with Gasteiger partial charge < -0.3 is 10.6 Å². The molecule has 8 heteroatoms. The topological polar surface area (TPSA) is 95.6 Å². The zero-order valence-corrected chi connectivity index (χ0v) is 20.5. The fraction of sp³-hybridized carbons (Fsp3) is 0.440. The number of nitrogens with zero attached hydrogens (tertiary/aromatic N) is 1. The summed E-state index contributed by atoms with van der Waals surface area (Å²) in [7, 11) is -3.58. The quantitative estimate of drug-likeness (QED) is 0.646. The van der Waals surface area contributed by atoms with Gasteiger partial charge in [0, 0.05) is 24.7 Å². The molecular formula is C25H33N3O4S. The maximum absolute atomic E-state index is 12.9. The Morgan fingerprint density at radius 1 is 0.909 bits per heavy atom. The molecule has 1 fully saturated rings. The van der Waals surface area contributed by atoms with Crippen LogP contribution in [-0.4, -0.2) is 43.7 Å². The van der Waals surface area contributed by atoms with Gasteiger partial charge in [0.1, 0.15) is 6.04 Å². The molecule has 33 heavy (non-hydrogen) atoms. The fourth-order valence-electron chi connectivity index (χ4n) is 3.88. The summed E-state index contributed by atoms with van der Waals surface area (Å²) in [6.07, 6.45) is 0.836. The van der Waals surface area contributed by atoms with Gasteiger partial charge >= 0.3 is 0 Å². The Hall–Kier alpha value is -2.71. The SMILES string of the molecule is Cc1ccc(NC(=O)C(NC(=O)C2CCN(S(=O)(=O)c3ccc(C)cc3)CC2)C(C)C)cc1. The summed E-state index contributed by atoms with van der Waals surface area (Å²) in [6, 6.07) is 13.6. The van der Waals surface area contributed by atoms with Gasteiger partial charge in [-0.3, -0.25) is 9.59 Å². The molecule has 2 amide bonds. The fourth-order valence-corrected chi connectivity index (χ4v) is 5.35. The van der Waals surface area contributed by atoms with Crippen LogP contribution in [0.5, 0.6) is 0 Å². The molecule has 1 atom stereocenters. The van der Waals surface area contributed by atoms with Crippen molar-refractivity contribution in [1.82, 2.24) is 9.62 Å². The van der Waals surface area contributed by atoms with Crippen LogP contribution < -0.4 is 10.6 Å². The number of aryl methyl sites for hydroxylation is 2. The maximum atomic E-state index is 12.9. The molecule has 1 aliphatic heterocycles. The van der Waals surface area contributed by atoms with Crippen molar-refractivity contribution < 1.29 is 18.0 Å². The molecule has 0 aromatic heterocycles. The highest BCUT2D eigenvalue weighted by molar-refractivity contribution is 7.89. The second-order valence-electron chi connectivity index (χ2n) is 9.08. The van der Waals surface area contributed by atoms with Crippen LogP contribution in [0.15, 0.2) is 53.4 Å². The molecule has 2 aromatic carbocycles. The van der Waals surface area contributed by atoms with E-state index < -0.39 is 16.1 Å². The van der Waals surface area contributed by atoms with Gasteiger partial charge in [-0.1, -0.05) is 49.2 Å². The lowest BCUT2D eigenvalue weighted by molar-refractivity contribution is -0.130. The van der Waals surface area contributed by atoms with E-state index >= 15 is 0 Å². The number of hydrogen-bond acceptors (Lipinski definition) is 4. The number of piperidine rings is 1. The first-order valence-electron chi connectivity index (χ1n) is 11.3. The number of amides is 2. The van der Waals surface area contributed by atoms with Gasteiger partial charge in [-0.2, -0.15) is 4.31 Å². The van der Waals surface area contributed by atoms with Crippen LogP contribution in [0.25, 0.3) is 0 Å². The number of rotatable bonds is 7. The largest absolute Gasteiger partial charge is 0.344 e. The molecule has 0 saturated carbocycles. The van der Waals surface area contributed by atoms with Crippen LogP contribution in [0.3, 0.4) is 0 Å². The Morgan fingerprint density at radius 3 is 1.94 bits per heavy atom. The van der Waals surface area contributed by atoms with E-state index in [4.69, 9.17) is 0 Å². The second kappa shape index (κ2) is 10.5. The molecule has 2 aromatic rings. The molecule has 0 aliphatic carbocycles. The van der Waals surface area contributed by atoms with E-state index in [0.717, 1.165) is 11.1 Å². The third-order valence-electron chi connectivity index (χ3n) is 6.05. The van der Waals surface area contributed by atoms with Crippen LogP contribution in [0.4, 0.5) is 5.69 Å². The number of nitrogens with one attached hydrogen (secondary N) is 2. The normalized spacial score (nSPS) is 16.4. The van der Waals surface area contributed by atoms with E-state index in [2.05, 4.69) is 10.6 Å². The number of benzene rings is 2. The molecular weight excluding hydrogens is 438 g/mol. The Morgan fingerprint density at radius 2 is 1.42 bits per heavy atom. The van der Waals surface area contributed by atoms with Crippen molar-refractivity contribution in [2.75, 3.05) is 18.4 Å². The lowest BCUT2D eigenvalue weighted by Crippen LogP contribution is -2.50. The smallest absolute Gasteiger partial charge is 0.247 e. The van der Waals surface area contributed by atoms with Crippen molar-refractivity contribution >= 4 is 27.5 Å². The summed E-state index contributed by atoms with van der Waals surface area (Å²) < 4.78 is 27.2. The Kier molecular flexibility index (Phi) is 7.92. The first-order valence-corrected chi connectivity index (χ1v) is 12.8. The average Bonchev–Trinajstić information content (AvgIpc) is 2.79. The predicted octanol–water partition coefficient (Wildman–Crippen LogP) is 3.48. The Labute approximate surface area is 196 Å². The van der Waals surface area contributed by atoms with Gasteiger partial charge in [0.2, 0.25) is 21.8 Å². The Bertz CT molecular complexity index is 1070. The van der Waals surface area contributed by atoms with Crippen LogP contribution in [-0.2, 0) is 19.6 Å². The number of sulfonamides is 1. The highest BCUT2D eigenvalue weighted by atomic mass is 32.2. The van der Waals surface area contributed by atoms with Gasteiger partial charge in [-0.15, -0.1) is 0 Å². The minimum Gasteiger partial charge on any atom is -0.344 e. The number of carbonyl (C=O) groups excluding carboxylic acids is 2. The van der Waals surface area contributed by atoms with Crippen LogP contribution >= 0.6 is 0 Å². The summed E-state index contributed by atoms with van der Waals surface area (Å²) in [6.45, 7) is 8.20. The zero-order valence-electron chi connectivity index (χ0n) is 19.7. The molecule has 3 rings (SSSR count). The van der Waals surface area contributed by atoms with Crippen molar-refractivity contribution in [2.24, 2.45) is 11.8 Å². The van der Waals surface area contributed by atoms with Crippen molar-refractivity contribution in [3.63, 3.8) is 0 Å². The zero-order chi connectivity index (χ0) is 24.2. The standard InChI is InChI=1S/C25H33N3O4S/c1-17(2)23(25(30)26-21-9-5-18(3)6-10-21)27-24(29)20-13-15-28(16-14-20)33(31,32)22-11-7-19(4)8-12-22/h5-12,17,20,23H,13-16H2,1-4H3,(H,26,30)(H,27,29). The highest BCUT2D eigenvalue weighted by Gasteiger charge is 2.34. The van der Waals surface area contributed by atoms with Gasteiger partial charge in [-0.05, 0) is 56.9 Å². The molecule has 7 nitrogen and oxygen atoms in total. The summed E-state index contributed by atoms with van der Waals surface area (Å²) >= 11 is 0. The van der Waals surface area contributed by atoms with Gasteiger partial charge in [0.05, 0.1) is 4.90 Å². The first kappa shape index (κ1) is 24.9. The van der Waals surface area contributed by atoms with Gasteiger partial charge in [0.15, 0.2) is 0 Å². The number of carbonyl (C=O) groups is 2. The highest BCUT2D eigenvalue weighted by Crippen LogP contribution is 2.24. The lowest BCUT2D eigenvalue weighted by Gasteiger charge is -2.32. The first-order chi connectivity index (χ1) is 15.6. The van der Waals surface area contributed by atoms with E-state index in [9.17, 15) is 18.0 Å². The molecule has 0 radical (unpaired) electrons. The molecule has 1 unspecified atom stereocenters. The van der Waals surface area contributed by atoms with E-state index in [1.807, 2.05) is 52.0 Å². The maximum Gasteiger partial charge on any atom is 0.247 e. The predicted molar refractivity (Wildman–Crippen MR) is 129 cm³/mol. The molecule has 2 N–H and O–H groups in total. The lowest BCUT2D eigenvalue weighted by atomic mass is 9.95. The minimum atomic E-state index is -3.58. The van der Waals surface area contributed by atoms with Crippen LogP contribution in [0.1, 0.15) is 37.8 Å². The van der Waals surface area contributed by atoms with E-state index in [-0.39, 0.29) is 41.6 Å². The van der Waals surface area contributed by atoms with E-state index in [0.29, 0.717) is 18.5 Å². The average molecular weight is 472 g/mol. The van der Waals surface area contributed by atoms with Crippen LogP contribution in [0, 0.1) is 25.7 Å². The van der Waals surface area contributed by atoms with E-state index in [1.54, 1.807) is 24.3 Å². The monoisotopic (exact) mass is 471 g/mol. The molecule has 0 bridgehead atoms. The number of hydrogen-bond donors (Lipinski definition) is 2. The van der Waals surface area contributed by atoms with Gasteiger partial charge in [0.25, 0.3) is 0 Å². The van der Waals surface area contributed by atoms with Crippen molar-refractivity contribution in [2.45, 2.75) is 51.5 Å². The third kappa shape index (κ3) is 6.21. The number of anilines is 1. The Balaban J connectivity index is 1.59. The molecule has 0 spiro atoms. The molecule has 1 saturated heterocycles. The summed E-state index contributed by atoms with van der Waals surface area (Å²) in [5.74, 6) is -0.897. The molecule has 1 aliphatic rings. The molecule has 1 heterocycles. The second-order valence-corrected chi connectivity index (χ2v) is 11.0. The summed E-state index contributed by atoms with van der Waals surface area (Å²) in [5.41, 5.74) is 2.77. The van der Waals surface area contributed by atoms with Gasteiger partial charge in [-0.25, -0.2) is 8.42 Å². The summed E-state index contributed by atoms with van der Waals surface area (Å²) in [5, 5.41) is 5.76. The summed E-state index contributed by atoms with van der Waals surface area (Å²) in [4.78, 5) is 26.0. The minimum absolute atomic E-state index is 0.0959.